The summed E-state index contributed by atoms with van der Waals surface area (Å²) in [6.45, 7) is 6.15. The number of hydrogen-bond acceptors (Lipinski definition) is 4. The number of rotatable bonds is 6. The fourth-order valence-electron chi connectivity index (χ4n) is 3.00. The Morgan fingerprint density at radius 2 is 2.14 bits per heavy atom. The predicted octanol–water partition coefficient (Wildman–Crippen LogP) is 3.10. The standard InChI is InChI=1S/C17H27NO3/c1-5-9-18-13-8-10-21-17(2,12-13)15-11-14(19-3)6-7-16(15)20-4/h6-7,11,13,18H,5,8-10,12H2,1-4H3. The van der Waals surface area contributed by atoms with Gasteiger partial charge in [0.15, 0.2) is 0 Å². The molecule has 1 N–H and O–H groups in total. The topological polar surface area (TPSA) is 39.7 Å². The molecule has 1 fully saturated rings. The van der Waals surface area contributed by atoms with Gasteiger partial charge in [-0.1, -0.05) is 6.92 Å². The Bertz CT molecular complexity index is 463. The molecule has 21 heavy (non-hydrogen) atoms. The maximum absolute atomic E-state index is 6.13. The van der Waals surface area contributed by atoms with E-state index in [2.05, 4.69) is 19.2 Å². The zero-order valence-corrected chi connectivity index (χ0v) is 13.6. The molecule has 1 heterocycles. The molecular formula is C17H27NO3. The number of ether oxygens (including phenoxy) is 3. The molecule has 2 rings (SSSR count). The van der Waals surface area contributed by atoms with Gasteiger partial charge in [-0.25, -0.2) is 0 Å². The molecule has 1 aliphatic rings. The van der Waals surface area contributed by atoms with Gasteiger partial charge in [0.2, 0.25) is 0 Å². The lowest BCUT2D eigenvalue weighted by molar-refractivity contribution is -0.0823. The van der Waals surface area contributed by atoms with Crippen LogP contribution in [0.4, 0.5) is 0 Å². The zero-order valence-electron chi connectivity index (χ0n) is 13.6. The first kappa shape index (κ1) is 16.1. The number of methoxy groups -OCH3 is 2. The van der Waals surface area contributed by atoms with Crippen molar-refractivity contribution in [2.24, 2.45) is 0 Å². The van der Waals surface area contributed by atoms with Gasteiger partial charge in [0.1, 0.15) is 11.5 Å². The average Bonchev–Trinajstić information content (AvgIpc) is 2.52. The third kappa shape index (κ3) is 3.69. The van der Waals surface area contributed by atoms with Crippen molar-refractivity contribution >= 4 is 0 Å². The van der Waals surface area contributed by atoms with E-state index in [0.29, 0.717) is 6.04 Å². The van der Waals surface area contributed by atoms with Crippen molar-refractivity contribution < 1.29 is 14.2 Å². The Balaban J connectivity index is 2.25. The Morgan fingerprint density at radius 3 is 2.81 bits per heavy atom. The van der Waals surface area contributed by atoms with Gasteiger partial charge in [-0.2, -0.15) is 0 Å². The Morgan fingerprint density at radius 1 is 1.33 bits per heavy atom. The van der Waals surface area contributed by atoms with Gasteiger partial charge in [0.25, 0.3) is 0 Å². The lowest BCUT2D eigenvalue weighted by atomic mass is 9.85. The quantitative estimate of drug-likeness (QED) is 0.875. The summed E-state index contributed by atoms with van der Waals surface area (Å²) in [4.78, 5) is 0. The molecule has 0 saturated carbocycles. The second kappa shape index (κ2) is 7.14. The third-order valence-electron chi connectivity index (χ3n) is 4.18. The average molecular weight is 293 g/mol. The Kier molecular flexibility index (Phi) is 5.48. The van der Waals surface area contributed by atoms with Crippen LogP contribution in [0.2, 0.25) is 0 Å². The van der Waals surface area contributed by atoms with E-state index in [4.69, 9.17) is 14.2 Å². The maximum atomic E-state index is 6.13. The number of nitrogens with one attached hydrogen (secondary N) is 1. The molecule has 0 amide bonds. The van der Waals surface area contributed by atoms with Crippen molar-refractivity contribution in [3.63, 3.8) is 0 Å². The number of benzene rings is 1. The lowest BCUT2D eigenvalue weighted by Gasteiger charge is -2.39. The van der Waals surface area contributed by atoms with Crippen molar-refractivity contribution in [3.8, 4) is 11.5 Å². The van der Waals surface area contributed by atoms with Crippen LogP contribution in [0.5, 0.6) is 11.5 Å². The molecule has 0 bridgehead atoms. The summed E-state index contributed by atoms with van der Waals surface area (Å²) >= 11 is 0. The minimum Gasteiger partial charge on any atom is -0.497 e. The van der Waals surface area contributed by atoms with E-state index >= 15 is 0 Å². The molecule has 118 valence electrons. The van der Waals surface area contributed by atoms with E-state index in [1.807, 2.05) is 18.2 Å². The van der Waals surface area contributed by atoms with E-state index < -0.39 is 0 Å². The fourth-order valence-corrected chi connectivity index (χ4v) is 3.00. The predicted molar refractivity (Wildman–Crippen MR) is 84.2 cm³/mol. The Hall–Kier alpha value is -1.26. The zero-order chi connectivity index (χ0) is 15.3. The fraction of sp³-hybridized carbons (Fsp3) is 0.647. The minimum absolute atomic E-state index is 0.344. The van der Waals surface area contributed by atoms with E-state index in [-0.39, 0.29) is 5.60 Å². The second-order valence-corrected chi connectivity index (χ2v) is 5.79. The van der Waals surface area contributed by atoms with Crippen LogP contribution in [0.15, 0.2) is 18.2 Å². The highest BCUT2D eigenvalue weighted by atomic mass is 16.5. The monoisotopic (exact) mass is 293 g/mol. The van der Waals surface area contributed by atoms with Crippen molar-refractivity contribution in [3.05, 3.63) is 23.8 Å². The molecule has 0 aliphatic carbocycles. The van der Waals surface area contributed by atoms with Crippen LogP contribution in [0, 0.1) is 0 Å². The highest BCUT2D eigenvalue weighted by Crippen LogP contribution is 2.41. The molecule has 4 nitrogen and oxygen atoms in total. The molecule has 1 saturated heterocycles. The molecule has 4 heteroatoms. The van der Waals surface area contributed by atoms with E-state index in [0.717, 1.165) is 49.5 Å². The van der Waals surface area contributed by atoms with E-state index in [1.54, 1.807) is 14.2 Å². The number of hydrogen-bond donors (Lipinski definition) is 1. The van der Waals surface area contributed by atoms with Crippen LogP contribution in [0.1, 0.15) is 38.7 Å². The molecule has 2 atom stereocenters. The molecule has 1 aromatic rings. The van der Waals surface area contributed by atoms with Crippen LogP contribution in [0.3, 0.4) is 0 Å². The maximum Gasteiger partial charge on any atom is 0.125 e. The Labute approximate surface area is 127 Å². The SMILES string of the molecule is CCCNC1CCOC(C)(c2cc(OC)ccc2OC)C1. The summed E-state index contributed by atoms with van der Waals surface area (Å²) in [5.41, 5.74) is 0.719. The lowest BCUT2D eigenvalue weighted by Crippen LogP contribution is -2.44. The normalized spacial score (nSPS) is 25.6. The summed E-state index contributed by atoms with van der Waals surface area (Å²) in [6.07, 6.45) is 3.15. The van der Waals surface area contributed by atoms with Crippen molar-refractivity contribution in [2.45, 2.75) is 44.8 Å². The van der Waals surface area contributed by atoms with Crippen molar-refractivity contribution in [2.75, 3.05) is 27.4 Å². The minimum atomic E-state index is -0.344. The largest absolute Gasteiger partial charge is 0.497 e. The third-order valence-corrected chi connectivity index (χ3v) is 4.18. The summed E-state index contributed by atoms with van der Waals surface area (Å²) in [5.74, 6) is 1.69. The molecule has 0 aromatic heterocycles. The van der Waals surface area contributed by atoms with Crippen molar-refractivity contribution in [1.82, 2.24) is 5.32 Å². The van der Waals surface area contributed by atoms with Gasteiger partial charge >= 0.3 is 0 Å². The summed E-state index contributed by atoms with van der Waals surface area (Å²) in [5, 5.41) is 3.61. The first-order valence-corrected chi connectivity index (χ1v) is 7.72. The van der Waals surface area contributed by atoms with Crippen molar-refractivity contribution in [1.29, 1.82) is 0 Å². The highest BCUT2D eigenvalue weighted by molar-refractivity contribution is 5.44. The first-order valence-electron chi connectivity index (χ1n) is 7.72. The molecule has 1 aromatic carbocycles. The van der Waals surface area contributed by atoms with Gasteiger partial charge in [0, 0.05) is 18.2 Å². The smallest absolute Gasteiger partial charge is 0.125 e. The molecule has 1 aliphatic heterocycles. The summed E-state index contributed by atoms with van der Waals surface area (Å²) < 4.78 is 17.0. The van der Waals surface area contributed by atoms with Gasteiger partial charge in [-0.15, -0.1) is 0 Å². The molecule has 2 unspecified atom stereocenters. The van der Waals surface area contributed by atoms with Gasteiger partial charge < -0.3 is 19.5 Å². The van der Waals surface area contributed by atoms with Crippen LogP contribution in [-0.4, -0.2) is 33.4 Å². The van der Waals surface area contributed by atoms with Crippen LogP contribution >= 0.6 is 0 Å². The molecular weight excluding hydrogens is 266 g/mol. The van der Waals surface area contributed by atoms with E-state index in [9.17, 15) is 0 Å². The molecule has 0 radical (unpaired) electrons. The highest BCUT2D eigenvalue weighted by Gasteiger charge is 2.37. The second-order valence-electron chi connectivity index (χ2n) is 5.79. The summed E-state index contributed by atoms with van der Waals surface area (Å²) in [6, 6.07) is 6.38. The first-order chi connectivity index (χ1) is 10.1. The van der Waals surface area contributed by atoms with E-state index in [1.165, 1.54) is 0 Å². The van der Waals surface area contributed by atoms with Gasteiger partial charge in [-0.3, -0.25) is 0 Å². The van der Waals surface area contributed by atoms with Crippen LogP contribution < -0.4 is 14.8 Å². The van der Waals surface area contributed by atoms with Gasteiger partial charge in [-0.05, 0) is 50.9 Å². The van der Waals surface area contributed by atoms with Crippen LogP contribution in [0.25, 0.3) is 0 Å². The van der Waals surface area contributed by atoms with Gasteiger partial charge in [0.05, 0.1) is 19.8 Å². The summed E-state index contributed by atoms with van der Waals surface area (Å²) in [7, 11) is 3.38. The van der Waals surface area contributed by atoms with Crippen LogP contribution in [-0.2, 0) is 10.3 Å². The molecule has 0 spiro atoms.